The highest BCUT2D eigenvalue weighted by molar-refractivity contribution is 7.21. The van der Waals surface area contributed by atoms with Gasteiger partial charge in [0.25, 0.3) is 0 Å². The van der Waals surface area contributed by atoms with Crippen LogP contribution >= 0.6 is 11.3 Å². The second-order valence-corrected chi connectivity index (χ2v) is 10.9. The van der Waals surface area contributed by atoms with Gasteiger partial charge < -0.3 is 4.90 Å². The van der Waals surface area contributed by atoms with E-state index in [1.165, 1.54) is 72.5 Å². The molecule has 5 aliphatic rings. The molecule has 0 N–H and O–H groups in total. The molecule has 2 saturated heterocycles. The molecular formula is C25H30N3S+. The van der Waals surface area contributed by atoms with E-state index >= 15 is 0 Å². The van der Waals surface area contributed by atoms with E-state index in [1.807, 2.05) is 11.3 Å². The van der Waals surface area contributed by atoms with Crippen LogP contribution in [0.25, 0.3) is 20.8 Å². The first-order valence-electron chi connectivity index (χ1n) is 11.3. The van der Waals surface area contributed by atoms with Crippen LogP contribution in [0.1, 0.15) is 39.5 Å². The molecule has 150 valence electrons. The SMILES string of the molecule is CC1(C)C2C[N+](=c3ccc4nc5ccc(N6CCCCCC6)cc5sc-4c3)CC21. The Morgan fingerprint density at radius 3 is 2.48 bits per heavy atom. The number of anilines is 1. The number of hydrogen-bond acceptors (Lipinski definition) is 3. The second kappa shape index (κ2) is 6.53. The summed E-state index contributed by atoms with van der Waals surface area (Å²) in [6.07, 6.45) is 5.37. The predicted octanol–water partition coefficient (Wildman–Crippen LogP) is 4.84. The van der Waals surface area contributed by atoms with Crippen LogP contribution in [0.2, 0.25) is 0 Å². The van der Waals surface area contributed by atoms with Crippen LogP contribution in [0.5, 0.6) is 0 Å². The van der Waals surface area contributed by atoms with Gasteiger partial charge in [0.1, 0.15) is 13.1 Å². The summed E-state index contributed by atoms with van der Waals surface area (Å²) >= 11 is 1.90. The molecule has 2 aliphatic carbocycles. The van der Waals surface area contributed by atoms with E-state index in [2.05, 4.69) is 59.7 Å². The van der Waals surface area contributed by atoms with Crippen LogP contribution in [-0.2, 0) is 0 Å². The fourth-order valence-corrected chi connectivity index (χ4v) is 6.70. The quantitative estimate of drug-likeness (QED) is 0.427. The van der Waals surface area contributed by atoms with Crippen molar-refractivity contribution in [1.29, 1.82) is 0 Å². The molecule has 4 heteroatoms. The van der Waals surface area contributed by atoms with Crippen molar-refractivity contribution >= 4 is 27.2 Å². The summed E-state index contributed by atoms with van der Waals surface area (Å²) in [5.41, 5.74) is 4.18. The summed E-state index contributed by atoms with van der Waals surface area (Å²) in [4.78, 5) is 8.85. The third kappa shape index (κ3) is 2.99. The molecule has 1 saturated carbocycles. The zero-order chi connectivity index (χ0) is 19.6. The first-order valence-corrected chi connectivity index (χ1v) is 12.1. The van der Waals surface area contributed by atoms with E-state index in [4.69, 9.17) is 4.98 Å². The number of hydrogen-bond donors (Lipinski definition) is 0. The van der Waals surface area contributed by atoms with Crippen LogP contribution in [0.4, 0.5) is 5.69 Å². The second-order valence-electron chi connectivity index (χ2n) is 9.86. The molecule has 3 heterocycles. The number of benzene rings is 2. The standard InChI is InChI=1S/C25H30N3S/c1-25(2)19-15-28(16-20(19)25)18-8-10-22-24(14-18)29-23-13-17(7-9-21(23)26-22)27-11-5-3-4-6-12-27/h7-10,13-14,19-20H,3-6,11-12,15-16H2,1-2H3/q+1. The molecule has 2 atom stereocenters. The minimum atomic E-state index is 0.567. The Kier molecular flexibility index (Phi) is 4.03. The van der Waals surface area contributed by atoms with Gasteiger partial charge in [-0.05, 0) is 42.5 Å². The van der Waals surface area contributed by atoms with Gasteiger partial charge in [-0.1, -0.05) is 26.7 Å². The Hall–Kier alpha value is -1.94. The van der Waals surface area contributed by atoms with Crippen LogP contribution < -0.4 is 14.8 Å². The van der Waals surface area contributed by atoms with Crippen LogP contribution in [0.3, 0.4) is 0 Å². The first kappa shape index (κ1) is 17.9. The molecule has 0 amide bonds. The molecule has 6 rings (SSSR count). The Labute approximate surface area is 177 Å². The maximum atomic E-state index is 4.97. The van der Waals surface area contributed by atoms with E-state index < -0.39 is 0 Å². The van der Waals surface area contributed by atoms with Gasteiger partial charge in [-0.15, -0.1) is 11.3 Å². The Morgan fingerprint density at radius 2 is 1.72 bits per heavy atom. The molecule has 3 nitrogen and oxygen atoms in total. The number of aromatic nitrogens is 1. The lowest BCUT2D eigenvalue weighted by atomic mass is 10.1. The van der Waals surface area contributed by atoms with Crippen molar-refractivity contribution in [3.8, 4) is 10.6 Å². The molecule has 1 aromatic carbocycles. The van der Waals surface area contributed by atoms with Gasteiger partial charge in [-0.2, -0.15) is 0 Å². The number of piperidine rings is 1. The van der Waals surface area contributed by atoms with Gasteiger partial charge in [0, 0.05) is 42.7 Å². The third-order valence-corrected chi connectivity index (χ3v) is 8.90. The van der Waals surface area contributed by atoms with Crippen molar-refractivity contribution in [3.63, 3.8) is 0 Å². The topological polar surface area (TPSA) is 19.1 Å². The van der Waals surface area contributed by atoms with Crippen LogP contribution in [0, 0.1) is 17.3 Å². The van der Waals surface area contributed by atoms with Crippen LogP contribution in [-0.4, -0.2) is 31.2 Å². The fraction of sp³-hybridized carbons (Fsp3) is 0.520. The monoisotopic (exact) mass is 404 g/mol. The minimum absolute atomic E-state index is 0.567. The van der Waals surface area contributed by atoms with E-state index in [-0.39, 0.29) is 0 Å². The maximum absolute atomic E-state index is 4.97. The highest BCUT2D eigenvalue weighted by atomic mass is 32.1. The van der Waals surface area contributed by atoms with E-state index in [1.54, 1.807) is 0 Å². The summed E-state index contributed by atoms with van der Waals surface area (Å²) in [6.45, 7) is 9.67. The molecule has 2 unspecified atom stereocenters. The van der Waals surface area contributed by atoms with Crippen molar-refractivity contribution in [2.75, 3.05) is 31.1 Å². The summed E-state index contributed by atoms with van der Waals surface area (Å²) in [6, 6.07) is 13.7. The lowest BCUT2D eigenvalue weighted by Gasteiger charge is -2.23. The Morgan fingerprint density at radius 1 is 0.966 bits per heavy atom. The normalized spacial score (nSPS) is 26.0. The van der Waals surface area contributed by atoms with Gasteiger partial charge in [0.15, 0.2) is 0 Å². The van der Waals surface area contributed by atoms with Crippen molar-refractivity contribution in [2.45, 2.75) is 39.5 Å². The highest BCUT2D eigenvalue weighted by Crippen LogP contribution is 2.60. The molecule has 0 radical (unpaired) electrons. The summed E-state index contributed by atoms with van der Waals surface area (Å²) in [5.74, 6) is 1.76. The Balaban J connectivity index is 1.39. The van der Waals surface area contributed by atoms with Gasteiger partial charge in [0.05, 0.1) is 20.8 Å². The van der Waals surface area contributed by atoms with Crippen LogP contribution in [0.15, 0.2) is 36.4 Å². The first-order chi connectivity index (χ1) is 14.1. The number of rotatable bonds is 1. The van der Waals surface area contributed by atoms with Gasteiger partial charge in [-0.3, -0.25) is 0 Å². The zero-order valence-electron chi connectivity index (χ0n) is 17.5. The molecular weight excluding hydrogens is 374 g/mol. The summed E-state index contributed by atoms with van der Waals surface area (Å²) in [7, 11) is 0. The zero-order valence-corrected chi connectivity index (χ0v) is 18.3. The van der Waals surface area contributed by atoms with Crippen molar-refractivity contribution in [2.24, 2.45) is 17.3 Å². The molecule has 3 aliphatic heterocycles. The Bertz CT molecular complexity index is 1100. The molecule has 3 fully saturated rings. The van der Waals surface area contributed by atoms with Crippen molar-refractivity contribution in [3.05, 3.63) is 41.8 Å². The average Bonchev–Trinajstić information content (AvgIpc) is 3.06. The van der Waals surface area contributed by atoms with E-state index in [0.29, 0.717) is 5.41 Å². The lowest BCUT2D eigenvalue weighted by molar-refractivity contribution is 0.439. The fourth-order valence-electron chi connectivity index (χ4n) is 5.67. The molecule has 1 aromatic rings. The largest absolute Gasteiger partial charge is 0.371 e. The van der Waals surface area contributed by atoms with Gasteiger partial charge >= 0.3 is 0 Å². The lowest BCUT2D eigenvalue weighted by Crippen LogP contribution is -2.31. The third-order valence-electron chi connectivity index (χ3n) is 7.81. The molecule has 0 spiro atoms. The average molecular weight is 405 g/mol. The van der Waals surface area contributed by atoms with Gasteiger partial charge in [-0.25, -0.2) is 9.56 Å². The summed E-state index contributed by atoms with van der Waals surface area (Å²) < 4.78 is 3.90. The van der Waals surface area contributed by atoms with E-state index in [0.717, 1.165) is 23.0 Å². The van der Waals surface area contributed by atoms with E-state index in [9.17, 15) is 0 Å². The summed E-state index contributed by atoms with van der Waals surface area (Å²) in [5, 5.41) is 1.38. The van der Waals surface area contributed by atoms with Gasteiger partial charge in [0.2, 0.25) is 5.36 Å². The van der Waals surface area contributed by atoms with Crippen molar-refractivity contribution in [1.82, 2.24) is 9.56 Å². The number of fused-ring (bicyclic) bond motifs is 3. The molecule has 0 bridgehead atoms. The minimum Gasteiger partial charge on any atom is -0.371 e. The number of nitrogens with zero attached hydrogens (tertiary/aromatic N) is 3. The highest BCUT2D eigenvalue weighted by Gasteiger charge is 2.65. The maximum Gasteiger partial charge on any atom is 0.201 e. The smallest absolute Gasteiger partial charge is 0.201 e. The molecule has 0 aromatic heterocycles. The predicted molar refractivity (Wildman–Crippen MR) is 123 cm³/mol. The van der Waals surface area contributed by atoms with Crippen molar-refractivity contribution < 1.29 is 0 Å². The molecule has 29 heavy (non-hydrogen) atoms.